The normalized spacial score (nSPS) is 21.4. The molecule has 1 unspecified atom stereocenters. The SMILES string of the molecule is B.c1ccc(C2CN2)cc1. The highest BCUT2D eigenvalue weighted by molar-refractivity contribution is 5.75. The van der Waals surface area contributed by atoms with E-state index in [1.165, 1.54) is 5.56 Å². The first-order valence-corrected chi connectivity index (χ1v) is 3.25. The number of hydrogen-bond acceptors (Lipinski definition) is 1. The molecule has 1 aromatic rings. The van der Waals surface area contributed by atoms with E-state index in [2.05, 4.69) is 29.6 Å². The number of hydrogen-bond donors (Lipinski definition) is 1. The average Bonchev–Trinajstić information content (AvgIpc) is 2.71. The van der Waals surface area contributed by atoms with Gasteiger partial charge >= 0.3 is 0 Å². The van der Waals surface area contributed by atoms with Crippen molar-refractivity contribution in [3.8, 4) is 0 Å². The molecule has 1 aliphatic rings. The summed E-state index contributed by atoms with van der Waals surface area (Å²) >= 11 is 0. The Bertz CT molecular complexity index is 194. The van der Waals surface area contributed by atoms with Crippen molar-refractivity contribution >= 4 is 8.41 Å². The van der Waals surface area contributed by atoms with Gasteiger partial charge in [-0.15, -0.1) is 0 Å². The molecule has 0 spiro atoms. The number of nitrogens with one attached hydrogen (secondary N) is 1. The van der Waals surface area contributed by atoms with Crippen molar-refractivity contribution in [2.75, 3.05) is 6.54 Å². The predicted molar refractivity (Wildman–Crippen MR) is 47.1 cm³/mol. The largest absolute Gasteiger partial charge is 0.307 e. The topological polar surface area (TPSA) is 21.9 Å². The van der Waals surface area contributed by atoms with Crippen LogP contribution in [0, 0.1) is 0 Å². The van der Waals surface area contributed by atoms with Crippen LogP contribution in [-0.2, 0) is 0 Å². The van der Waals surface area contributed by atoms with E-state index in [9.17, 15) is 0 Å². The van der Waals surface area contributed by atoms with E-state index in [1.54, 1.807) is 0 Å². The Kier molecular flexibility index (Phi) is 2.12. The van der Waals surface area contributed by atoms with Crippen molar-refractivity contribution < 1.29 is 0 Å². The van der Waals surface area contributed by atoms with Crippen LogP contribution in [0.2, 0.25) is 0 Å². The van der Waals surface area contributed by atoms with E-state index in [1.807, 2.05) is 6.07 Å². The molecule has 1 aromatic carbocycles. The highest BCUT2D eigenvalue weighted by atomic mass is 15.1. The Hall–Kier alpha value is -0.755. The smallest absolute Gasteiger partial charge is 0.0814 e. The van der Waals surface area contributed by atoms with Crippen molar-refractivity contribution in [3.05, 3.63) is 35.9 Å². The zero-order valence-corrected chi connectivity index (χ0v) is 5.17. The van der Waals surface area contributed by atoms with Gasteiger partial charge < -0.3 is 5.32 Å². The molecule has 1 heterocycles. The van der Waals surface area contributed by atoms with Gasteiger partial charge in [-0.2, -0.15) is 0 Å². The van der Waals surface area contributed by atoms with Crippen LogP contribution in [0.25, 0.3) is 0 Å². The minimum absolute atomic E-state index is 0. The summed E-state index contributed by atoms with van der Waals surface area (Å²) < 4.78 is 0. The van der Waals surface area contributed by atoms with Gasteiger partial charge in [-0.1, -0.05) is 30.3 Å². The molecular weight excluding hydrogens is 121 g/mol. The zero-order chi connectivity index (χ0) is 6.10. The summed E-state index contributed by atoms with van der Waals surface area (Å²) in [6.07, 6.45) is 0. The Morgan fingerprint density at radius 3 is 2.30 bits per heavy atom. The van der Waals surface area contributed by atoms with Crippen molar-refractivity contribution in [2.24, 2.45) is 0 Å². The van der Waals surface area contributed by atoms with E-state index in [-0.39, 0.29) is 8.41 Å². The van der Waals surface area contributed by atoms with Crippen LogP contribution in [0.15, 0.2) is 30.3 Å². The molecule has 1 aliphatic heterocycles. The third-order valence-corrected chi connectivity index (χ3v) is 1.61. The molecule has 0 aliphatic carbocycles. The molecule has 0 amide bonds. The molecule has 1 fully saturated rings. The standard InChI is InChI=1S/C8H9N.BH3/c1-2-4-7(5-3-1)8-6-9-8;/h1-5,8-9H,6H2;1H3. The van der Waals surface area contributed by atoms with E-state index in [0.717, 1.165) is 6.54 Å². The van der Waals surface area contributed by atoms with Crippen LogP contribution >= 0.6 is 0 Å². The Morgan fingerprint density at radius 2 is 1.80 bits per heavy atom. The lowest BCUT2D eigenvalue weighted by molar-refractivity contribution is 1.08. The third-order valence-electron chi connectivity index (χ3n) is 1.61. The zero-order valence-electron chi connectivity index (χ0n) is 5.17. The van der Waals surface area contributed by atoms with E-state index >= 15 is 0 Å². The molecule has 10 heavy (non-hydrogen) atoms. The Labute approximate surface area is 63.0 Å². The second-order valence-corrected chi connectivity index (χ2v) is 2.37. The Balaban J connectivity index is 0.000000500. The third kappa shape index (κ3) is 1.39. The first-order chi connectivity index (χ1) is 4.47. The summed E-state index contributed by atoms with van der Waals surface area (Å²) in [7, 11) is 0. The summed E-state index contributed by atoms with van der Waals surface area (Å²) in [4.78, 5) is 0. The Morgan fingerprint density at radius 1 is 1.20 bits per heavy atom. The molecule has 0 bridgehead atoms. The summed E-state index contributed by atoms with van der Waals surface area (Å²) in [6, 6.07) is 11.2. The van der Waals surface area contributed by atoms with Gasteiger partial charge in [0.05, 0.1) is 8.41 Å². The van der Waals surface area contributed by atoms with Gasteiger partial charge in [0.15, 0.2) is 0 Å². The quantitative estimate of drug-likeness (QED) is 0.427. The lowest BCUT2D eigenvalue weighted by Crippen LogP contribution is -1.80. The van der Waals surface area contributed by atoms with Gasteiger partial charge in [0, 0.05) is 12.6 Å². The second-order valence-electron chi connectivity index (χ2n) is 2.37. The lowest BCUT2D eigenvalue weighted by atomic mass is 10.2. The monoisotopic (exact) mass is 133 g/mol. The maximum atomic E-state index is 3.25. The van der Waals surface area contributed by atoms with Gasteiger partial charge in [-0.3, -0.25) is 0 Å². The van der Waals surface area contributed by atoms with Crippen LogP contribution in [0.3, 0.4) is 0 Å². The van der Waals surface area contributed by atoms with Crippen LogP contribution < -0.4 is 5.32 Å². The molecule has 1 atom stereocenters. The first-order valence-electron chi connectivity index (χ1n) is 3.25. The van der Waals surface area contributed by atoms with Crippen LogP contribution in [-0.4, -0.2) is 15.0 Å². The summed E-state index contributed by atoms with van der Waals surface area (Å²) in [5, 5.41) is 3.25. The van der Waals surface area contributed by atoms with Gasteiger partial charge in [0.2, 0.25) is 0 Å². The van der Waals surface area contributed by atoms with E-state index in [4.69, 9.17) is 0 Å². The minimum Gasteiger partial charge on any atom is -0.307 e. The second kappa shape index (κ2) is 2.89. The van der Waals surface area contributed by atoms with Gasteiger partial charge in [-0.05, 0) is 5.56 Å². The number of benzene rings is 1. The fourth-order valence-electron chi connectivity index (χ4n) is 0.980. The molecule has 2 heteroatoms. The highest BCUT2D eigenvalue weighted by Gasteiger charge is 2.20. The first kappa shape index (κ1) is 7.35. The molecule has 52 valence electrons. The fraction of sp³-hybridized carbons (Fsp3) is 0.250. The molecule has 0 aromatic heterocycles. The van der Waals surface area contributed by atoms with Crippen LogP contribution in [0.5, 0.6) is 0 Å². The molecule has 1 N–H and O–H groups in total. The van der Waals surface area contributed by atoms with Crippen LogP contribution in [0.1, 0.15) is 11.6 Å². The summed E-state index contributed by atoms with van der Waals surface area (Å²) in [5.41, 5.74) is 1.41. The van der Waals surface area contributed by atoms with E-state index in [0.29, 0.717) is 6.04 Å². The molecule has 1 saturated heterocycles. The molecule has 0 radical (unpaired) electrons. The summed E-state index contributed by atoms with van der Waals surface area (Å²) in [5.74, 6) is 0. The van der Waals surface area contributed by atoms with Gasteiger partial charge in [0.25, 0.3) is 0 Å². The predicted octanol–water partition coefficient (Wildman–Crippen LogP) is 0.147. The van der Waals surface area contributed by atoms with Crippen molar-refractivity contribution in [1.29, 1.82) is 0 Å². The lowest BCUT2D eigenvalue weighted by Gasteiger charge is -1.91. The maximum absolute atomic E-state index is 3.25. The highest BCUT2D eigenvalue weighted by Crippen LogP contribution is 2.19. The molecule has 2 rings (SSSR count). The van der Waals surface area contributed by atoms with Gasteiger partial charge in [-0.25, -0.2) is 0 Å². The van der Waals surface area contributed by atoms with Crippen molar-refractivity contribution in [2.45, 2.75) is 6.04 Å². The van der Waals surface area contributed by atoms with E-state index < -0.39 is 0 Å². The minimum atomic E-state index is 0. The van der Waals surface area contributed by atoms with Crippen molar-refractivity contribution in [1.82, 2.24) is 5.32 Å². The molecule has 1 nitrogen and oxygen atoms in total. The van der Waals surface area contributed by atoms with Crippen molar-refractivity contribution in [3.63, 3.8) is 0 Å². The maximum Gasteiger partial charge on any atom is 0.0814 e. The molecular formula is C8H12BN. The summed E-state index contributed by atoms with van der Waals surface area (Å²) in [6.45, 7) is 1.16. The van der Waals surface area contributed by atoms with Crippen LogP contribution in [0.4, 0.5) is 0 Å². The fourth-order valence-corrected chi connectivity index (χ4v) is 0.980. The van der Waals surface area contributed by atoms with Gasteiger partial charge in [0.1, 0.15) is 0 Å². The molecule has 0 saturated carbocycles. The number of rotatable bonds is 1. The average molecular weight is 133 g/mol.